The average Bonchev–Trinajstić information content (AvgIpc) is 2.62. The Morgan fingerprint density at radius 1 is 1.04 bits per heavy atom. The van der Waals surface area contributed by atoms with Crippen LogP contribution in [0.2, 0.25) is 0 Å². The summed E-state index contributed by atoms with van der Waals surface area (Å²) in [5.74, 6) is 1.48. The number of hydrogen-bond acceptors (Lipinski definition) is 3. The van der Waals surface area contributed by atoms with Gasteiger partial charge in [0.1, 0.15) is 11.5 Å². The monoisotopic (exact) mass is 355 g/mol. The van der Waals surface area contributed by atoms with Gasteiger partial charge in [0.15, 0.2) is 6.10 Å². The van der Waals surface area contributed by atoms with Crippen molar-refractivity contribution in [3.05, 3.63) is 58.7 Å². The summed E-state index contributed by atoms with van der Waals surface area (Å²) in [5, 5.41) is 3.10. The molecule has 0 bridgehead atoms. The fraction of sp³-hybridized carbons (Fsp3) is 0.409. The van der Waals surface area contributed by atoms with Gasteiger partial charge in [-0.05, 0) is 68.5 Å². The lowest BCUT2D eigenvalue weighted by Gasteiger charge is -2.22. The molecule has 4 nitrogen and oxygen atoms in total. The SMILES string of the molecule is CC[C@H](NC(=O)[C@H](C)Oc1cc(C)ccc1C)c1ccc(OC)c(C)c1. The summed E-state index contributed by atoms with van der Waals surface area (Å²) < 4.78 is 11.2. The molecule has 2 aromatic rings. The number of carbonyl (C=O) groups is 1. The maximum absolute atomic E-state index is 12.6. The normalized spacial score (nSPS) is 13.0. The number of nitrogens with one attached hydrogen (secondary N) is 1. The first-order chi connectivity index (χ1) is 12.3. The Bertz CT molecular complexity index is 770. The Labute approximate surface area is 156 Å². The van der Waals surface area contributed by atoms with Crippen LogP contribution < -0.4 is 14.8 Å². The Hall–Kier alpha value is -2.49. The van der Waals surface area contributed by atoms with Crippen molar-refractivity contribution in [2.75, 3.05) is 7.11 Å². The van der Waals surface area contributed by atoms with Gasteiger partial charge in [0.25, 0.3) is 5.91 Å². The first-order valence-corrected chi connectivity index (χ1v) is 9.04. The highest BCUT2D eigenvalue weighted by Crippen LogP contribution is 2.25. The van der Waals surface area contributed by atoms with Gasteiger partial charge in [0.05, 0.1) is 13.2 Å². The van der Waals surface area contributed by atoms with Crippen LogP contribution in [-0.2, 0) is 4.79 Å². The zero-order valence-corrected chi connectivity index (χ0v) is 16.6. The van der Waals surface area contributed by atoms with E-state index < -0.39 is 6.10 Å². The van der Waals surface area contributed by atoms with Crippen LogP contribution in [0.25, 0.3) is 0 Å². The molecule has 0 saturated heterocycles. The first kappa shape index (κ1) is 19.8. The lowest BCUT2D eigenvalue weighted by molar-refractivity contribution is -0.128. The molecule has 2 atom stereocenters. The number of rotatable bonds is 7. The maximum Gasteiger partial charge on any atom is 0.261 e. The Balaban J connectivity index is 2.08. The smallest absolute Gasteiger partial charge is 0.261 e. The minimum atomic E-state index is -0.566. The third-order valence-corrected chi connectivity index (χ3v) is 4.56. The van der Waals surface area contributed by atoms with Gasteiger partial charge in [-0.3, -0.25) is 4.79 Å². The van der Waals surface area contributed by atoms with Crippen molar-refractivity contribution >= 4 is 5.91 Å². The van der Waals surface area contributed by atoms with E-state index in [0.717, 1.165) is 40.2 Å². The number of hydrogen-bond donors (Lipinski definition) is 1. The predicted octanol–water partition coefficient (Wildman–Crippen LogP) is 4.66. The minimum Gasteiger partial charge on any atom is -0.496 e. The summed E-state index contributed by atoms with van der Waals surface area (Å²) in [6, 6.07) is 11.9. The molecule has 4 heteroatoms. The second-order valence-electron chi connectivity index (χ2n) is 6.73. The quantitative estimate of drug-likeness (QED) is 0.786. The molecule has 2 aromatic carbocycles. The minimum absolute atomic E-state index is 0.0586. The van der Waals surface area contributed by atoms with Crippen molar-refractivity contribution in [1.82, 2.24) is 5.32 Å². The highest BCUT2D eigenvalue weighted by Gasteiger charge is 2.20. The van der Waals surface area contributed by atoms with E-state index in [4.69, 9.17) is 9.47 Å². The predicted molar refractivity (Wildman–Crippen MR) is 105 cm³/mol. The fourth-order valence-corrected chi connectivity index (χ4v) is 2.91. The second kappa shape index (κ2) is 8.75. The summed E-state index contributed by atoms with van der Waals surface area (Å²) in [6.07, 6.45) is 0.233. The zero-order valence-electron chi connectivity index (χ0n) is 16.6. The largest absolute Gasteiger partial charge is 0.496 e. The molecule has 0 spiro atoms. The number of ether oxygens (including phenoxy) is 2. The maximum atomic E-state index is 12.6. The van der Waals surface area contributed by atoms with E-state index in [0.29, 0.717) is 0 Å². The lowest BCUT2D eigenvalue weighted by Crippen LogP contribution is -2.38. The summed E-state index contributed by atoms with van der Waals surface area (Å²) >= 11 is 0. The van der Waals surface area contributed by atoms with Crippen molar-refractivity contribution in [3.8, 4) is 11.5 Å². The van der Waals surface area contributed by atoms with Crippen LogP contribution in [0.5, 0.6) is 11.5 Å². The van der Waals surface area contributed by atoms with E-state index in [9.17, 15) is 4.79 Å². The molecule has 1 N–H and O–H groups in total. The molecule has 2 rings (SSSR count). The molecule has 0 aromatic heterocycles. The molecular weight excluding hydrogens is 326 g/mol. The van der Waals surface area contributed by atoms with Crippen molar-refractivity contribution in [2.24, 2.45) is 0 Å². The Morgan fingerprint density at radius 3 is 2.38 bits per heavy atom. The number of benzene rings is 2. The molecule has 0 fully saturated rings. The van der Waals surface area contributed by atoms with Crippen LogP contribution >= 0.6 is 0 Å². The molecule has 140 valence electrons. The number of methoxy groups -OCH3 is 1. The van der Waals surface area contributed by atoms with Gasteiger partial charge in [-0.25, -0.2) is 0 Å². The van der Waals surface area contributed by atoms with Crippen LogP contribution in [-0.4, -0.2) is 19.1 Å². The van der Waals surface area contributed by atoms with Crippen LogP contribution in [0.1, 0.15) is 48.6 Å². The molecule has 0 aliphatic rings. The molecule has 0 aliphatic carbocycles. The van der Waals surface area contributed by atoms with Crippen molar-refractivity contribution in [3.63, 3.8) is 0 Å². The van der Waals surface area contributed by atoms with E-state index >= 15 is 0 Å². The number of carbonyl (C=O) groups excluding carboxylic acids is 1. The molecular formula is C22H29NO3. The molecule has 0 unspecified atom stereocenters. The Kier molecular flexibility index (Phi) is 6.67. The van der Waals surface area contributed by atoms with E-state index in [2.05, 4.69) is 18.3 Å². The molecule has 0 aliphatic heterocycles. The van der Waals surface area contributed by atoms with Gasteiger partial charge in [-0.2, -0.15) is 0 Å². The van der Waals surface area contributed by atoms with E-state index in [1.165, 1.54) is 0 Å². The van der Waals surface area contributed by atoms with E-state index in [1.807, 2.05) is 51.1 Å². The standard InChI is InChI=1S/C22H29NO3/c1-7-19(18-10-11-20(25-6)16(4)13-18)23-22(24)17(5)26-21-12-14(2)8-9-15(21)3/h8-13,17,19H,7H2,1-6H3,(H,23,24)/t17-,19-/m0/s1. The number of amides is 1. The zero-order chi connectivity index (χ0) is 19.3. The van der Waals surface area contributed by atoms with E-state index in [-0.39, 0.29) is 11.9 Å². The lowest BCUT2D eigenvalue weighted by atomic mass is 10.0. The van der Waals surface area contributed by atoms with Gasteiger partial charge in [-0.1, -0.05) is 31.2 Å². The topological polar surface area (TPSA) is 47.6 Å². The third kappa shape index (κ3) is 4.78. The van der Waals surface area contributed by atoms with Gasteiger partial charge in [0.2, 0.25) is 0 Å². The highest BCUT2D eigenvalue weighted by molar-refractivity contribution is 5.81. The van der Waals surface area contributed by atoms with Gasteiger partial charge in [-0.15, -0.1) is 0 Å². The van der Waals surface area contributed by atoms with Gasteiger partial charge in [0, 0.05) is 0 Å². The second-order valence-corrected chi connectivity index (χ2v) is 6.73. The van der Waals surface area contributed by atoms with Crippen molar-refractivity contribution in [2.45, 2.75) is 53.2 Å². The summed E-state index contributed by atoms with van der Waals surface area (Å²) in [5.41, 5.74) is 4.25. The summed E-state index contributed by atoms with van der Waals surface area (Å²) in [6.45, 7) is 9.83. The molecule has 0 heterocycles. The van der Waals surface area contributed by atoms with Crippen LogP contribution in [0, 0.1) is 20.8 Å². The third-order valence-electron chi connectivity index (χ3n) is 4.56. The Morgan fingerprint density at radius 2 is 1.77 bits per heavy atom. The van der Waals surface area contributed by atoms with Crippen LogP contribution in [0.3, 0.4) is 0 Å². The molecule has 0 radical (unpaired) electrons. The van der Waals surface area contributed by atoms with E-state index in [1.54, 1.807) is 14.0 Å². The van der Waals surface area contributed by atoms with Crippen molar-refractivity contribution in [1.29, 1.82) is 0 Å². The highest BCUT2D eigenvalue weighted by atomic mass is 16.5. The molecule has 1 amide bonds. The molecule has 26 heavy (non-hydrogen) atoms. The van der Waals surface area contributed by atoms with Gasteiger partial charge >= 0.3 is 0 Å². The van der Waals surface area contributed by atoms with Gasteiger partial charge < -0.3 is 14.8 Å². The van der Waals surface area contributed by atoms with Crippen LogP contribution in [0.15, 0.2) is 36.4 Å². The summed E-state index contributed by atoms with van der Waals surface area (Å²) in [7, 11) is 1.66. The molecule has 0 saturated carbocycles. The van der Waals surface area contributed by atoms with Crippen molar-refractivity contribution < 1.29 is 14.3 Å². The first-order valence-electron chi connectivity index (χ1n) is 9.04. The average molecular weight is 355 g/mol. The summed E-state index contributed by atoms with van der Waals surface area (Å²) in [4.78, 5) is 12.6. The number of aryl methyl sites for hydroxylation is 3. The van der Waals surface area contributed by atoms with Crippen LogP contribution in [0.4, 0.5) is 0 Å². The fourth-order valence-electron chi connectivity index (χ4n) is 2.91.